The Morgan fingerprint density at radius 2 is 1.52 bits per heavy atom. The Morgan fingerprint density at radius 3 is 2.07 bits per heavy atom. The largest absolute Gasteiger partial charge is 0.496 e. The first-order valence-electron chi connectivity index (χ1n) is 8.76. The van der Waals surface area contributed by atoms with Crippen LogP contribution in [0.1, 0.15) is 30.9 Å². The van der Waals surface area contributed by atoms with E-state index >= 15 is 0 Å². The van der Waals surface area contributed by atoms with Gasteiger partial charge in [-0.25, -0.2) is 0 Å². The molecule has 27 heavy (non-hydrogen) atoms. The van der Waals surface area contributed by atoms with Crippen LogP contribution >= 0.6 is 0 Å². The van der Waals surface area contributed by atoms with Crippen molar-refractivity contribution in [3.8, 4) is 23.0 Å². The first-order chi connectivity index (χ1) is 13.0. The smallest absolute Gasteiger partial charge is 0.258 e. The second kappa shape index (κ2) is 9.71. The lowest BCUT2D eigenvalue weighted by Crippen LogP contribution is -2.28. The maximum absolute atomic E-state index is 12.1. The van der Waals surface area contributed by atoms with E-state index in [0.717, 1.165) is 5.56 Å². The quantitative estimate of drug-likeness (QED) is 0.728. The highest BCUT2D eigenvalue weighted by Crippen LogP contribution is 2.34. The molecule has 0 bridgehead atoms. The van der Waals surface area contributed by atoms with E-state index < -0.39 is 0 Å². The molecule has 0 heterocycles. The molecular formula is C21H27NO5. The lowest BCUT2D eigenvalue weighted by molar-refractivity contribution is -0.123. The fourth-order valence-corrected chi connectivity index (χ4v) is 2.57. The molecule has 0 spiro atoms. The molecule has 0 aromatic heterocycles. The Labute approximate surface area is 160 Å². The molecule has 0 aliphatic carbocycles. The van der Waals surface area contributed by atoms with Gasteiger partial charge < -0.3 is 24.3 Å². The third kappa shape index (κ3) is 5.54. The molecular weight excluding hydrogens is 346 g/mol. The van der Waals surface area contributed by atoms with Crippen LogP contribution in [0.3, 0.4) is 0 Å². The second-order valence-corrected chi connectivity index (χ2v) is 6.31. The number of carbonyl (C=O) groups is 1. The number of nitrogens with one attached hydrogen (secondary N) is 1. The predicted octanol–water partition coefficient (Wildman–Crippen LogP) is 3.53. The summed E-state index contributed by atoms with van der Waals surface area (Å²) in [7, 11) is 4.69. The third-order valence-electron chi connectivity index (χ3n) is 4.18. The minimum Gasteiger partial charge on any atom is -0.496 e. The van der Waals surface area contributed by atoms with Crippen LogP contribution in [0.5, 0.6) is 23.0 Å². The predicted molar refractivity (Wildman–Crippen MR) is 104 cm³/mol. The topological polar surface area (TPSA) is 66.0 Å². The summed E-state index contributed by atoms with van der Waals surface area (Å²) < 4.78 is 21.5. The van der Waals surface area contributed by atoms with Crippen molar-refractivity contribution in [2.24, 2.45) is 0 Å². The van der Waals surface area contributed by atoms with Crippen molar-refractivity contribution < 1.29 is 23.7 Å². The summed E-state index contributed by atoms with van der Waals surface area (Å²) in [6, 6.07) is 11.3. The molecule has 2 aromatic rings. The van der Waals surface area contributed by atoms with Gasteiger partial charge in [-0.2, -0.15) is 0 Å². The molecule has 146 valence electrons. The van der Waals surface area contributed by atoms with E-state index in [2.05, 4.69) is 19.2 Å². The molecule has 0 unspecified atom stereocenters. The molecule has 0 saturated heterocycles. The zero-order chi connectivity index (χ0) is 19.8. The molecule has 6 heteroatoms. The van der Waals surface area contributed by atoms with Gasteiger partial charge in [0.15, 0.2) is 18.1 Å². The first kappa shape index (κ1) is 20.4. The molecule has 0 fully saturated rings. The summed E-state index contributed by atoms with van der Waals surface area (Å²) >= 11 is 0. The molecule has 0 radical (unpaired) electrons. The number of ether oxygens (including phenoxy) is 4. The lowest BCUT2D eigenvalue weighted by atomic mass is 10.0. The summed E-state index contributed by atoms with van der Waals surface area (Å²) in [5.41, 5.74) is 2.01. The molecule has 0 aliphatic rings. The minimum atomic E-state index is -0.222. The number of rotatable bonds is 9. The zero-order valence-corrected chi connectivity index (χ0v) is 16.5. The van der Waals surface area contributed by atoms with Gasteiger partial charge in [0.1, 0.15) is 11.5 Å². The Morgan fingerprint density at radius 1 is 0.926 bits per heavy atom. The summed E-state index contributed by atoms with van der Waals surface area (Å²) in [6.07, 6.45) is 0. The monoisotopic (exact) mass is 373 g/mol. The number of hydrogen-bond donors (Lipinski definition) is 1. The van der Waals surface area contributed by atoms with Crippen molar-refractivity contribution in [1.29, 1.82) is 0 Å². The molecule has 2 rings (SSSR count). The van der Waals surface area contributed by atoms with E-state index in [9.17, 15) is 4.79 Å². The van der Waals surface area contributed by atoms with Gasteiger partial charge in [0, 0.05) is 18.2 Å². The van der Waals surface area contributed by atoms with Crippen molar-refractivity contribution in [2.75, 3.05) is 27.9 Å². The average Bonchev–Trinajstić information content (AvgIpc) is 2.70. The van der Waals surface area contributed by atoms with Gasteiger partial charge in [-0.1, -0.05) is 26.0 Å². The van der Waals surface area contributed by atoms with Crippen molar-refractivity contribution in [3.63, 3.8) is 0 Å². The molecule has 1 N–H and O–H groups in total. The van der Waals surface area contributed by atoms with Crippen LogP contribution in [-0.2, 0) is 11.3 Å². The number of hydrogen-bond acceptors (Lipinski definition) is 5. The van der Waals surface area contributed by atoms with Crippen molar-refractivity contribution in [3.05, 3.63) is 47.5 Å². The fraction of sp³-hybridized carbons (Fsp3) is 0.381. The highest BCUT2D eigenvalue weighted by Gasteiger charge is 2.13. The second-order valence-electron chi connectivity index (χ2n) is 6.31. The van der Waals surface area contributed by atoms with Crippen LogP contribution in [0.15, 0.2) is 36.4 Å². The van der Waals surface area contributed by atoms with Crippen molar-refractivity contribution in [1.82, 2.24) is 5.32 Å². The maximum Gasteiger partial charge on any atom is 0.258 e. The number of methoxy groups -OCH3 is 3. The van der Waals surface area contributed by atoms with Crippen LogP contribution < -0.4 is 24.3 Å². The minimum absolute atomic E-state index is 0.0589. The summed E-state index contributed by atoms with van der Waals surface area (Å²) in [5.74, 6) is 2.65. The Bertz CT molecular complexity index is 756. The van der Waals surface area contributed by atoms with Crippen LogP contribution in [0.25, 0.3) is 0 Å². The van der Waals surface area contributed by atoms with Crippen LogP contribution in [-0.4, -0.2) is 33.8 Å². The Kier molecular flexibility index (Phi) is 7.34. The van der Waals surface area contributed by atoms with Gasteiger partial charge in [-0.3, -0.25) is 4.79 Å². The average molecular weight is 373 g/mol. The van der Waals surface area contributed by atoms with Gasteiger partial charge in [0.25, 0.3) is 5.91 Å². The van der Waals surface area contributed by atoms with Gasteiger partial charge in [-0.05, 0) is 29.7 Å². The fourth-order valence-electron chi connectivity index (χ4n) is 2.57. The van der Waals surface area contributed by atoms with Crippen LogP contribution in [0.4, 0.5) is 0 Å². The van der Waals surface area contributed by atoms with E-state index in [0.29, 0.717) is 28.9 Å². The molecule has 0 saturated carbocycles. The van der Waals surface area contributed by atoms with E-state index in [1.807, 2.05) is 24.3 Å². The van der Waals surface area contributed by atoms with Gasteiger partial charge in [-0.15, -0.1) is 0 Å². The Hall–Kier alpha value is -2.89. The van der Waals surface area contributed by atoms with Gasteiger partial charge >= 0.3 is 0 Å². The normalized spacial score (nSPS) is 10.4. The zero-order valence-electron chi connectivity index (χ0n) is 16.5. The highest BCUT2D eigenvalue weighted by molar-refractivity contribution is 5.77. The molecule has 0 atom stereocenters. The molecule has 6 nitrogen and oxygen atoms in total. The van der Waals surface area contributed by atoms with Crippen molar-refractivity contribution in [2.45, 2.75) is 26.3 Å². The van der Waals surface area contributed by atoms with E-state index in [-0.39, 0.29) is 19.1 Å². The first-order valence-corrected chi connectivity index (χ1v) is 8.76. The summed E-state index contributed by atoms with van der Waals surface area (Å²) in [5, 5.41) is 2.82. The molecule has 2 aromatic carbocycles. The van der Waals surface area contributed by atoms with Crippen molar-refractivity contribution >= 4 is 5.91 Å². The molecule has 1 amide bonds. The maximum atomic E-state index is 12.1. The van der Waals surface area contributed by atoms with E-state index in [4.69, 9.17) is 18.9 Å². The SMILES string of the molecule is COc1cc(OC)c(OC)cc1CNC(=O)COc1ccc(C(C)C)cc1. The standard InChI is InChI=1S/C21H27NO5/c1-14(2)15-6-8-17(9-7-15)27-13-21(23)22-12-16-10-19(25-4)20(26-5)11-18(16)24-3/h6-11,14H,12-13H2,1-5H3,(H,22,23). The lowest BCUT2D eigenvalue weighted by Gasteiger charge is -2.15. The Balaban J connectivity index is 1.93. The highest BCUT2D eigenvalue weighted by atomic mass is 16.5. The number of benzene rings is 2. The number of amides is 1. The van der Waals surface area contributed by atoms with Crippen LogP contribution in [0, 0.1) is 0 Å². The summed E-state index contributed by atoms with van der Waals surface area (Å²) in [6.45, 7) is 4.49. The van der Waals surface area contributed by atoms with E-state index in [1.54, 1.807) is 33.5 Å². The van der Waals surface area contributed by atoms with Gasteiger partial charge in [0.05, 0.1) is 21.3 Å². The number of carbonyl (C=O) groups excluding carboxylic acids is 1. The van der Waals surface area contributed by atoms with Gasteiger partial charge in [0.2, 0.25) is 0 Å². The van der Waals surface area contributed by atoms with E-state index in [1.165, 1.54) is 5.56 Å². The van der Waals surface area contributed by atoms with Crippen LogP contribution in [0.2, 0.25) is 0 Å². The molecule has 0 aliphatic heterocycles. The summed E-state index contributed by atoms with van der Waals surface area (Å²) in [4.78, 5) is 12.1. The third-order valence-corrected chi connectivity index (χ3v) is 4.18.